The summed E-state index contributed by atoms with van der Waals surface area (Å²) in [4.78, 5) is 16.3. The van der Waals surface area contributed by atoms with E-state index in [9.17, 15) is 9.90 Å². The van der Waals surface area contributed by atoms with Crippen LogP contribution in [0.5, 0.6) is 0 Å². The average Bonchev–Trinajstić information content (AvgIpc) is 3.02. The minimum absolute atomic E-state index is 0.0759. The molecular weight excluding hydrogens is 288 g/mol. The Morgan fingerprint density at radius 1 is 1.48 bits per heavy atom. The fourth-order valence-corrected chi connectivity index (χ4v) is 2.34. The van der Waals surface area contributed by atoms with Crippen molar-refractivity contribution in [1.29, 1.82) is 0 Å². The first-order valence-corrected chi connectivity index (χ1v) is 8.01. The highest BCUT2D eigenvalue weighted by molar-refractivity contribution is 7.98. The summed E-state index contributed by atoms with van der Waals surface area (Å²) in [6.07, 6.45) is 4.39. The average molecular weight is 306 g/mol. The second-order valence-corrected chi connectivity index (χ2v) is 5.50. The van der Waals surface area contributed by atoms with E-state index in [2.05, 4.69) is 20.5 Å². The molecule has 0 fully saturated rings. The van der Waals surface area contributed by atoms with Crippen molar-refractivity contribution < 1.29 is 9.90 Å². The zero-order valence-electron chi connectivity index (χ0n) is 11.7. The van der Waals surface area contributed by atoms with E-state index in [1.54, 1.807) is 24.0 Å². The second-order valence-electron chi connectivity index (χ2n) is 4.52. The van der Waals surface area contributed by atoms with Crippen LogP contribution in [-0.2, 0) is 0 Å². The molecule has 0 aromatic carbocycles. The number of hydrogen-bond acceptors (Lipinski definition) is 5. The third kappa shape index (κ3) is 4.30. The zero-order valence-corrected chi connectivity index (χ0v) is 12.6. The summed E-state index contributed by atoms with van der Waals surface area (Å²) >= 11 is 1.68. The quantitative estimate of drug-likeness (QED) is 0.717. The number of thioether (sulfide) groups is 1. The van der Waals surface area contributed by atoms with E-state index < -0.39 is 0 Å². The Hall–Kier alpha value is -1.86. The van der Waals surface area contributed by atoms with Crippen LogP contribution in [0.4, 0.5) is 0 Å². The van der Waals surface area contributed by atoms with Crippen molar-refractivity contribution in [3.8, 4) is 11.4 Å². The summed E-state index contributed by atoms with van der Waals surface area (Å²) < 4.78 is 0. The van der Waals surface area contributed by atoms with Gasteiger partial charge in [0.25, 0.3) is 5.91 Å². The monoisotopic (exact) mass is 306 g/mol. The molecule has 2 aromatic heterocycles. The smallest absolute Gasteiger partial charge is 0.269 e. The third-order valence-corrected chi connectivity index (χ3v) is 3.62. The summed E-state index contributed by atoms with van der Waals surface area (Å²) in [6, 6.07) is 6.92. The molecule has 0 radical (unpaired) electrons. The number of carbonyl (C=O) groups is 1. The number of carbonyl (C=O) groups excluding carboxylic acids is 1. The number of nitrogens with zero attached hydrogens (tertiary/aromatic N) is 2. The normalized spacial score (nSPS) is 12.1. The van der Waals surface area contributed by atoms with E-state index in [4.69, 9.17) is 0 Å². The van der Waals surface area contributed by atoms with Crippen LogP contribution in [0.1, 0.15) is 16.9 Å². The Bertz CT molecular complexity index is 573. The van der Waals surface area contributed by atoms with Gasteiger partial charge in [-0.15, -0.1) is 0 Å². The molecule has 1 atom stereocenters. The van der Waals surface area contributed by atoms with Crippen molar-refractivity contribution in [1.82, 2.24) is 20.5 Å². The molecule has 0 bridgehead atoms. The predicted octanol–water partition coefficient (Wildman–Crippen LogP) is 1.32. The van der Waals surface area contributed by atoms with Gasteiger partial charge < -0.3 is 10.4 Å². The van der Waals surface area contributed by atoms with Crippen molar-refractivity contribution in [2.24, 2.45) is 0 Å². The number of aromatic amines is 1. The molecule has 7 heteroatoms. The first-order chi connectivity index (χ1) is 10.2. The van der Waals surface area contributed by atoms with Gasteiger partial charge >= 0.3 is 0 Å². The SMILES string of the molecule is CSCC[C@@H](CO)NC(=O)c1cc(-c2ccccn2)n[nH]1. The van der Waals surface area contributed by atoms with Crippen LogP contribution >= 0.6 is 11.8 Å². The Kier molecular flexibility index (Phi) is 5.77. The molecule has 3 N–H and O–H groups in total. The standard InChI is InChI=1S/C14H18N4O2S/c1-21-7-5-10(9-19)16-14(20)13-8-12(17-18-13)11-4-2-3-6-15-11/h2-4,6,8,10,19H,5,7,9H2,1H3,(H,16,20)(H,17,18)/t10-/m0/s1. The summed E-state index contributed by atoms with van der Waals surface area (Å²) in [5, 5.41) is 18.8. The minimum Gasteiger partial charge on any atom is -0.394 e. The maximum atomic E-state index is 12.1. The van der Waals surface area contributed by atoms with Gasteiger partial charge in [0.15, 0.2) is 0 Å². The molecule has 2 heterocycles. The molecule has 0 aliphatic heterocycles. The first kappa shape index (κ1) is 15.5. The molecule has 21 heavy (non-hydrogen) atoms. The van der Waals surface area contributed by atoms with E-state index in [1.165, 1.54) is 0 Å². The fourth-order valence-electron chi connectivity index (χ4n) is 1.82. The van der Waals surface area contributed by atoms with Crippen LogP contribution in [0.3, 0.4) is 0 Å². The number of hydrogen-bond donors (Lipinski definition) is 3. The lowest BCUT2D eigenvalue weighted by molar-refractivity contribution is 0.0910. The molecular formula is C14H18N4O2S. The van der Waals surface area contributed by atoms with Gasteiger partial charge in [0.2, 0.25) is 0 Å². The summed E-state index contributed by atoms with van der Waals surface area (Å²) in [5.74, 6) is 0.609. The maximum Gasteiger partial charge on any atom is 0.269 e. The van der Waals surface area contributed by atoms with Gasteiger partial charge in [0, 0.05) is 6.20 Å². The lowest BCUT2D eigenvalue weighted by atomic mass is 10.2. The van der Waals surface area contributed by atoms with Crippen LogP contribution in [0.2, 0.25) is 0 Å². The van der Waals surface area contributed by atoms with Gasteiger partial charge in [-0.25, -0.2) is 0 Å². The molecule has 1 amide bonds. The topological polar surface area (TPSA) is 90.9 Å². The van der Waals surface area contributed by atoms with Crippen LogP contribution in [0.15, 0.2) is 30.5 Å². The number of amides is 1. The number of rotatable bonds is 7. The van der Waals surface area contributed by atoms with E-state index in [1.807, 2.05) is 24.5 Å². The van der Waals surface area contributed by atoms with Crippen LogP contribution in [-0.4, -0.2) is 50.9 Å². The number of aliphatic hydroxyl groups excluding tert-OH is 1. The van der Waals surface area contributed by atoms with Crippen molar-refractivity contribution in [3.05, 3.63) is 36.2 Å². The second kappa shape index (κ2) is 7.80. The summed E-state index contributed by atoms with van der Waals surface area (Å²) in [7, 11) is 0. The number of H-pyrrole nitrogens is 1. The predicted molar refractivity (Wildman–Crippen MR) is 83.2 cm³/mol. The highest BCUT2D eigenvalue weighted by atomic mass is 32.2. The van der Waals surface area contributed by atoms with Gasteiger partial charge in [-0.2, -0.15) is 16.9 Å². The Morgan fingerprint density at radius 3 is 3.00 bits per heavy atom. The molecule has 0 unspecified atom stereocenters. The third-order valence-electron chi connectivity index (χ3n) is 2.98. The number of nitrogens with one attached hydrogen (secondary N) is 2. The van der Waals surface area contributed by atoms with E-state index in [0.717, 1.165) is 12.2 Å². The largest absolute Gasteiger partial charge is 0.394 e. The molecule has 0 aliphatic carbocycles. The van der Waals surface area contributed by atoms with Gasteiger partial charge in [-0.3, -0.25) is 14.9 Å². The van der Waals surface area contributed by atoms with Crippen molar-refractivity contribution >= 4 is 17.7 Å². The van der Waals surface area contributed by atoms with Crippen molar-refractivity contribution in [2.75, 3.05) is 18.6 Å². The Morgan fingerprint density at radius 2 is 2.33 bits per heavy atom. The number of aromatic nitrogens is 3. The highest BCUT2D eigenvalue weighted by Crippen LogP contribution is 2.14. The van der Waals surface area contributed by atoms with E-state index >= 15 is 0 Å². The molecule has 0 spiro atoms. The Labute approximate surface area is 127 Å². The number of aliphatic hydroxyl groups is 1. The molecule has 2 aromatic rings. The van der Waals surface area contributed by atoms with Gasteiger partial charge in [0.1, 0.15) is 11.4 Å². The molecule has 0 aliphatic rings. The fraction of sp³-hybridized carbons (Fsp3) is 0.357. The molecule has 112 valence electrons. The molecule has 2 rings (SSSR count). The van der Waals surface area contributed by atoms with Gasteiger partial charge in [-0.1, -0.05) is 6.07 Å². The molecule has 6 nitrogen and oxygen atoms in total. The lowest BCUT2D eigenvalue weighted by Crippen LogP contribution is -2.38. The van der Waals surface area contributed by atoms with Crippen LogP contribution in [0, 0.1) is 0 Å². The van der Waals surface area contributed by atoms with Crippen LogP contribution in [0.25, 0.3) is 11.4 Å². The highest BCUT2D eigenvalue weighted by Gasteiger charge is 2.15. The zero-order chi connectivity index (χ0) is 15.1. The van der Waals surface area contributed by atoms with Crippen LogP contribution < -0.4 is 5.32 Å². The first-order valence-electron chi connectivity index (χ1n) is 6.62. The molecule has 0 saturated carbocycles. The number of pyridine rings is 1. The van der Waals surface area contributed by atoms with Crippen molar-refractivity contribution in [2.45, 2.75) is 12.5 Å². The Balaban J connectivity index is 2.02. The van der Waals surface area contributed by atoms with E-state index in [-0.39, 0.29) is 18.6 Å². The van der Waals surface area contributed by atoms with Crippen molar-refractivity contribution in [3.63, 3.8) is 0 Å². The summed E-state index contributed by atoms with van der Waals surface area (Å²) in [5.41, 5.74) is 1.68. The maximum absolute atomic E-state index is 12.1. The molecule has 0 saturated heterocycles. The van der Waals surface area contributed by atoms with Gasteiger partial charge in [0.05, 0.1) is 18.3 Å². The minimum atomic E-state index is -0.273. The summed E-state index contributed by atoms with van der Waals surface area (Å²) in [6.45, 7) is -0.0759. The lowest BCUT2D eigenvalue weighted by Gasteiger charge is -2.14. The van der Waals surface area contributed by atoms with E-state index in [0.29, 0.717) is 17.1 Å². The van der Waals surface area contributed by atoms with Gasteiger partial charge in [-0.05, 0) is 36.6 Å².